The summed E-state index contributed by atoms with van der Waals surface area (Å²) in [7, 11) is 0. The summed E-state index contributed by atoms with van der Waals surface area (Å²) in [5, 5.41) is 2.94. The van der Waals surface area contributed by atoms with Crippen LogP contribution >= 0.6 is 0 Å². The minimum absolute atomic E-state index is 0.0677. The second-order valence-corrected chi connectivity index (χ2v) is 6.64. The fourth-order valence-electron chi connectivity index (χ4n) is 3.32. The lowest BCUT2D eigenvalue weighted by Gasteiger charge is -2.17. The third-order valence-electron chi connectivity index (χ3n) is 4.65. The standard InChI is InChI=1S/C22H26N2O4/c1-3-27-18-11-9-17(10-12-18)24-15-16(13-21(24)25)14-23-22(26)19-7-5-6-8-20(19)28-4-2/h5-12,16H,3-4,13-15H2,1-2H3,(H,23,26)/t16-/m0/s1. The van der Waals surface area contributed by atoms with Gasteiger partial charge in [-0.25, -0.2) is 0 Å². The van der Waals surface area contributed by atoms with Gasteiger partial charge in [0.1, 0.15) is 11.5 Å². The molecule has 0 aromatic heterocycles. The maximum absolute atomic E-state index is 12.5. The number of ether oxygens (including phenoxy) is 2. The number of hydrogen-bond acceptors (Lipinski definition) is 4. The molecule has 1 aliphatic rings. The fraction of sp³-hybridized carbons (Fsp3) is 0.364. The molecule has 0 radical (unpaired) electrons. The fourth-order valence-corrected chi connectivity index (χ4v) is 3.32. The van der Waals surface area contributed by atoms with Gasteiger partial charge in [-0.1, -0.05) is 12.1 Å². The van der Waals surface area contributed by atoms with E-state index in [1.165, 1.54) is 0 Å². The minimum Gasteiger partial charge on any atom is -0.494 e. The third-order valence-corrected chi connectivity index (χ3v) is 4.65. The molecule has 2 aromatic carbocycles. The summed E-state index contributed by atoms with van der Waals surface area (Å²) in [6, 6.07) is 14.7. The van der Waals surface area contributed by atoms with Crippen molar-refractivity contribution in [2.45, 2.75) is 20.3 Å². The largest absolute Gasteiger partial charge is 0.494 e. The van der Waals surface area contributed by atoms with Crippen LogP contribution in [-0.4, -0.2) is 38.1 Å². The Labute approximate surface area is 165 Å². The average molecular weight is 382 g/mol. The molecule has 1 aliphatic heterocycles. The third kappa shape index (κ3) is 4.63. The molecule has 148 valence electrons. The molecule has 28 heavy (non-hydrogen) atoms. The molecule has 2 aromatic rings. The first-order valence-electron chi connectivity index (χ1n) is 9.65. The number of carbonyl (C=O) groups is 2. The zero-order valence-electron chi connectivity index (χ0n) is 16.3. The van der Waals surface area contributed by atoms with E-state index in [0.29, 0.717) is 44.0 Å². The summed E-state index contributed by atoms with van der Waals surface area (Å²) in [6.45, 7) is 5.95. The van der Waals surface area contributed by atoms with Crippen LogP contribution in [0.2, 0.25) is 0 Å². The summed E-state index contributed by atoms with van der Waals surface area (Å²) in [5.74, 6) is 1.31. The number of carbonyl (C=O) groups excluding carboxylic acids is 2. The molecule has 3 rings (SSSR count). The maximum Gasteiger partial charge on any atom is 0.255 e. The molecule has 6 nitrogen and oxygen atoms in total. The number of anilines is 1. The predicted molar refractivity (Wildman–Crippen MR) is 108 cm³/mol. The molecule has 1 fully saturated rings. The molecule has 0 aliphatic carbocycles. The quantitative estimate of drug-likeness (QED) is 0.761. The van der Waals surface area contributed by atoms with Crippen molar-refractivity contribution < 1.29 is 19.1 Å². The molecule has 0 saturated carbocycles. The van der Waals surface area contributed by atoms with Gasteiger partial charge in [-0.05, 0) is 50.2 Å². The molecule has 6 heteroatoms. The van der Waals surface area contributed by atoms with Gasteiger partial charge in [0.15, 0.2) is 0 Å². The predicted octanol–water partition coefficient (Wildman–Crippen LogP) is 3.27. The Morgan fingerprint density at radius 2 is 1.79 bits per heavy atom. The molecule has 1 heterocycles. The molecule has 2 amide bonds. The van der Waals surface area contributed by atoms with Gasteiger partial charge in [-0.3, -0.25) is 9.59 Å². The molecule has 0 unspecified atom stereocenters. The second-order valence-electron chi connectivity index (χ2n) is 6.64. The number of para-hydroxylation sites is 1. The van der Waals surface area contributed by atoms with Gasteiger partial charge in [0.2, 0.25) is 5.91 Å². The van der Waals surface area contributed by atoms with Crippen molar-refractivity contribution in [1.82, 2.24) is 5.32 Å². The molecule has 0 bridgehead atoms. The van der Waals surface area contributed by atoms with E-state index < -0.39 is 0 Å². The van der Waals surface area contributed by atoms with Gasteiger partial charge in [-0.15, -0.1) is 0 Å². The van der Waals surface area contributed by atoms with Crippen LogP contribution in [-0.2, 0) is 4.79 Å². The lowest BCUT2D eigenvalue weighted by atomic mass is 10.1. The first kappa shape index (κ1) is 19.7. The van der Waals surface area contributed by atoms with Crippen molar-refractivity contribution in [3.05, 3.63) is 54.1 Å². The van der Waals surface area contributed by atoms with Crippen LogP contribution < -0.4 is 19.7 Å². The van der Waals surface area contributed by atoms with Gasteiger partial charge in [-0.2, -0.15) is 0 Å². The normalized spacial score (nSPS) is 16.1. The molecular weight excluding hydrogens is 356 g/mol. The highest BCUT2D eigenvalue weighted by atomic mass is 16.5. The summed E-state index contributed by atoms with van der Waals surface area (Å²) in [5.41, 5.74) is 1.36. The number of nitrogens with one attached hydrogen (secondary N) is 1. The summed E-state index contributed by atoms with van der Waals surface area (Å²) >= 11 is 0. The first-order chi connectivity index (χ1) is 13.6. The second kappa shape index (κ2) is 9.26. The number of benzene rings is 2. The highest BCUT2D eigenvalue weighted by molar-refractivity contribution is 5.97. The van der Waals surface area contributed by atoms with Crippen LogP contribution in [0.5, 0.6) is 11.5 Å². The van der Waals surface area contributed by atoms with Crippen LogP contribution in [0.15, 0.2) is 48.5 Å². The van der Waals surface area contributed by atoms with E-state index in [0.717, 1.165) is 11.4 Å². The number of nitrogens with zero attached hydrogens (tertiary/aromatic N) is 1. The van der Waals surface area contributed by atoms with E-state index >= 15 is 0 Å². The van der Waals surface area contributed by atoms with E-state index in [9.17, 15) is 9.59 Å². The van der Waals surface area contributed by atoms with Gasteiger partial charge in [0, 0.05) is 31.1 Å². The Morgan fingerprint density at radius 3 is 2.50 bits per heavy atom. The molecule has 1 atom stereocenters. The Balaban J connectivity index is 1.58. The minimum atomic E-state index is -0.184. The Kier molecular flexibility index (Phi) is 6.53. The molecule has 0 spiro atoms. The van der Waals surface area contributed by atoms with Gasteiger partial charge >= 0.3 is 0 Å². The maximum atomic E-state index is 12.5. The zero-order valence-corrected chi connectivity index (χ0v) is 16.3. The molecule has 1 N–H and O–H groups in total. The highest BCUT2D eigenvalue weighted by Crippen LogP contribution is 2.27. The number of amides is 2. The smallest absolute Gasteiger partial charge is 0.255 e. The SMILES string of the molecule is CCOc1ccc(N2C[C@H](CNC(=O)c3ccccc3OCC)CC2=O)cc1. The van der Waals surface area contributed by atoms with Crippen LogP contribution in [0.1, 0.15) is 30.6 Å². The van der Waals surface area contributed by atoms with Gasteiger partial charge in [0.25, 0.3) is 5.91 Å². The average Bonchev–Trinajstić information content (AvgIpc) is 3.08. The topological polar surface area (TPSA) is 67.9 Å². The molecule has 1 saturated heterocycles. The van der Waals surface area contributed by atoms with Crippen molar-refractivity contribution in [2.75, 3.05) is 31.2 Å². The first-order valence-corrected chi connectivity index (χ1v) is 9.65. The Bertz CT molecular complexity index is 820. The Morgan fingerprint density at radius 1 is 1.07 bits per heavy atom. The van der Waals surface area contributed by atoms with Crippen LogP contribution in [0.3, 0.4) is 0 Å². The van der Waals surface area contributed by atoms with Crippen molar-refractivity contribution in [1.29, 1.82) is 0 Å². The summed E-state index contributed by atoms with van der Waals surface area (Å²) in [4.78, 5) is 26.7. The summed E-state index contributed by atoms with van der Waals surface area (Å²) in [6.07, 6.45) is 0.417. The molecular formula is C22H26N2O4. The van der Waals surface area contributed by atoms with Crippen molar-refractivity contribution in [2.24, 2.45) is 5.92 Å². The number of rotatable bonds is 8. The number of hydrogen-bond donors (Lipinski definition) is 1. The van der Waals surface area contributed by atoms with E-state index in [4.69, 9.17) is 9.47 Å². The highest BCUT2D eigenvalue weighted by Gasteiger charge is 2.31. The van der Waals surface area contributed by atoms with E-state index in [1.807, 2.05) is 50.2 Å². The monoisotopic (exact) mass is 382 g/mol. The lowest BCUT2D eigenvalue weighted by Crippen LogP contribution is -2.31. The van der Waals surface area contributed by atoms with E-state index in [2.05, 4.69) is 5.32 Å². The van der Waals surface area contributed by atoms with Crippen LogP contribution in [0, 0.1) is 5.92 Å². The summed E-state index contributed by atoms with van der Waals surface area (Å²) < 4.78 is 11.0. The van der Waals surface area contributed by atoms with E-state index in [-0.39, 0.29) is 17.7 Å². The van der Waals surface area contributed by atoms with Crippen molar-refractivity contribution in [3.8, 4) is 11.5 Å². The van der Waals surface area contributed by atoms with Crippen LogP contribution in [0.25, 0.3) is 0 Å². The van der Waals surface area contributed by atoms with Crippen molar-refractivity contribution >= 4 is 17.5 Å². The van der Waals surface area contributed by atoms with E-state index in [1.54, 1.807) is 17.0 Å². The Hall–Kier alpha value is -3.02. The lowest BCUT2D eigenvalue weighted by molar-refractivity contribution is -0.117. The van der Waals surface area contributed by atoms with Gasteiger partial charge in [0.05, 0.1) is 18.8 Å². The zero-order chi connectivity index (χ0) is 19.9. The van der Waals surface area contributed by atoms with Gasteiger partial charge < -0.3 is 19.7 Å². The van der Waals surface area contributed by atoms with Crippen molar-refractivity contribution in [3.63, 3.8) is 0 Å². The van der Waals surface area contributed by atoms with Crippen LogP contribution in [0.4, 0.5) is 5.69 Å².